The van der Waals surface area contributed by atoms with Gasteiger partial charge in [-0.05, 0) is 19.9 Å². The first-order valence-electron chi connectivity index (χ1n) is 4.94. The SMILES string of the molecule is CCOC=C(C(=O)CC=CF)C(=O)OCC. The molecule has 0 aliphatic rings. The highest BCUT2D eigenvalue weighted by molar-refractivity contribution is 6.17. The molecule has 0 aromatic rings. The number of carbonyl (C=O) groups is 2. The topological polar surface area (TPSA) is 52.6 Å². The van der Waals surface area contributed by atoms with Crippen LogP contribution in [0.2, 0.25) is 0 Å². The van der Waals surface area contributed by atoms with E-state index in [1.54, 1.807) is 13.8 Å². The van der Waals surface area contributed by atoms with Crippen LogP contribution in [0.15, 0.2) is 24.2 Å². The highest BCUT2D eigenvalue weighted by atomic mass is 19.1. The Kier molecular flexibility index (Phi) is 7.75. The van der Waals surface area contributed by atoms with E-state index in [9.17, 15) is 14.0 Å². The second-order valence-electron chi connectivity index (χ2n) is 2.70. The smallest absolute Gasteiger partial charge is 0.344 e. The summed E-state index contributed by atoms with van der Waals surface area (Å²) in [6, 6.07) is 0. The van der Waals surface area contributed by atoms with Crippen LogP contribution < -0.4 is 0 Å². The second-order valence-corrected chi connectivity index (χ2v) is 2.70. The maximum absolute atomic E-state index is 11.7. The van der Waals surface area contributed by atoms with Gasteiger partial charge in [0, 0.05) is 6.42 Å². The average Bonchev–Trinajstić information content (AvgIpc) is 2.27. The number of allylic oxidation sites excluding steroid dienone is 1. The third-order valence-corrected chi connectivity index (χ3v) is 1.56. The van der Waals surface area contributed by atoms with Gasteiger partial charge in [-0.25, -0.2) is 9.18 Å². The van der Waals surface area contributed by atoms with Crippen molar-refractivity contribution in [2.24, 2.45) is 0 Å². The summed E-state index contributed by atoms with van der Waals surface area (Å²) in [6.07, 6.45) is 2.11. The Morgan fingerprint density at radius 2 is 1.94 bits per heavy atom. The molecule has 16 heavy (non-hydrogen) atoms. The zero-order valence-corrected chi connectivity index (χ0v) is 9.36. The fraction of sp³-hybridized carbons (Fsp3) is 0.455. The van der Waals surface area contributed by atoms with Crippen molar-refractivity contribution < 1.29 is 23.5 Å². The summed E-state index contributed by atoms with van der Waals surface area (Å²) in [5, 5.41) is 0. The van der Waals surface area contributed by atoms with Crippen molar-refractivity contribution >= 4 is 11.8 Å². The molecule has 0 bridgehead atoms. The van der Waals surface area contributed by atoms with Crippen LogP contribution in [-0.4, -0.2) is 25.0 Å². The molecule has 0 unspecified atom stereocenters. The van der Waals surface area contributed by atoms with Crippen molar-refractivity contribution in [1.29, 1.82) is 0 Å². The van der Waals surface area contributed by atoms with Gasteiger partial charge in [0.15, 0.2) is 5.78 Å². The van der Waals surface area contributed by atoms with Crippen LogP contribution in [0, 0.1) is 0 Å². The maximum Gasteiger partial charge on any atom is 0.344 e. The molecule has 0 aliphatic carbocycles. The van der Waals surface area contributed by atoms with Crippen molar-refractivity contribution in [3.63, 3.8) is 0 Å². The zero-order chi connectivity index (χ0) is 12.4. The number of carbonyl (C=O) groups excluding carboxylic acids is 2. The lowest BCUT2D eigenvalue weighted by Crippen LogP contribution is -2.16. The number of rotatable bonds is 7. The minimum absolute atomic E-state index is 0.161. The van der Waals surface area contributed by atoms with Crippen LogP contribution in [0.5, 0.6) is 0 Å². The van der Waals surface area contributed by atoms with Gasteiger partial charge in [-0.15, -0.1) is 0 Å². The number of esters is 1. The van der Waals surface area contributed by atoms with Crippen molar-refractivity contribution in [1.82, 2.24) is 0 Å². The molecular formula is C11H15FO4. The first kappa shape index (κ1) is 14.3. The summed E-state index contributed by atoms with van der Waals surface area (Å²) in [7, 11) is 0. The standard InChI is InChI=1S/C11H15FO4/c1-3-15-8-9(11(14)16-4-2)10(13)6-5-7-12/h5,7-8H,3-4,6H2,1-2H3. The van der Waals surface area contributed by atoms with Gasteiger partial charge >= 0.3 is 5.97 Å². The summed E-state index contributed by atoms with van der Waals surface area (Å²) in [6.45, 7) is 3.83. The van der Waals surface area contributed by atoms with Crippen LogP contribution in [0.25, 0.3) is 0 Å². The lowest BCUT2D eigenvalue weighted by molar-refractivity contribution is -0.140. The number of Topliss-reactive ketones (excluding diaryl/α,β-unsaturated/α-hetero) is 1. The quantitative estimate of drug-likeness (QED) is 0.220. The fourth-order valence-corrected chi connectivity index (χ4v) is 0.865. The normalized spacial score (nSPS) is 11.6. The summed E-state index contributed by atoms with van der Waals surface area (Å²) < 4.78 is 21.3. The van der Waals surface area contributed by atoms with E-state index in [1.807, 2.05) is 0 Å². The molecule has 5 heteroatoms. The molecule has 0 spiro atoms. The molecule has 0 fully saturated rings. The largest absolute Gasteiger partial charge is 0.500 e. The predicted molar refractivity (Wildman–Crippen MR) is 56.2 cm³/mol. The Morgan fingerprint density at radius 1 is 1.25 bits per heavy atom. The molecular weight excluding hydrogens is 215 g/mol. The van der Waals surface area contributed by atoms with Crippen LogP contribution >= 0.6 is 0 Å². The Bertz CT molecular complexity index is 294. The first-order valence-corrected chi connectivity index (χ1v) is 4.94. The monoisotopic (exact) mass is 230 g/mol. The number of halogens is 1. The lowest BCUT2D eigenvalue weighted by atomic mass is 10.1. The van der Waals surface area contributed by atoms with E-state index >= 15 is 0 Å². The third-order valence-electron chi connectivity index (χ3n) is 1.56. The number of ketones is 1. The maximum atomic E-state index is 11.7. The second kappa shape index (κ2) is 8.64. The zero-order valence-electron chi connectivity index (χ0n) is 9.36. The van der Waals surface area contributed by atoms with Gasteiger partial charge < -0.3 is 9.47 Å². The summed E-state index contributed by atoms with van der Waals surface area (Å²) in [4.78, 5) is 22.8. The Morgan fingerprint density at radius 3 is 2.44 bits per heavy atom. The van der Waals surface area contributed by atoms with Gasteiger partial charge in [0.2, 0.25) is 0 Å². The van der Waals surface area contributed by atoms with Gasteiger partial charge in [0.1, 0.15) is 11.8 Å². The number of hydrogen-bond donors (Lipinski definition) is 0. The molecule has 0 rings (SSSR count). The minimum atomic E-state index is -0.756. The van der Waals surface area contributed by atoms with E-state index in [0.717, 1.165) is 12.3 Å². The van der Waals surface area contributed by atoms with Crippen molar-refractivity contribution in [3.8, 4) is 0 Å². The van der Waals surface area contributed by atoms with Crippen LogP contribution in [-0.2, 0) is 19.1 Å². The van der Waals surface area contributed by atoms with Crippen LogP contribution in [0.1, 0.15) is 20.3 Å². The van der Waals surface area contributed by atoms with E-state index in [4.69, 9.17) is 4.74 Å². The average molecular weight is 230 g/mol. The van der Waals surface area contributed by atoms with E-state index in [-0.39, 0.29) is 24.9 Å². The Balaban J connectivity index is 4.65. The van der Waals surface area contributed by atoms with Gasteiger partial charge in [-0.1, -0.05) is 0 Å². The Labute approximate surface area is 93.7 Å². The van der Waals surface area contributed by atoms with E-state index in [0.29, 0.717) is 6.61 Å². The van der Waals surface area contributed by atoms with Gasteiger partial charge in [-0.3, -0.25) is 4.79 Å². The fourth-order valence-electron chi connectivity index (χ4n) is 0.865. The van der Waals surface area contributed by atoms with E-state index in [1.165, 1.54) is 0 Å². The van der Waals surface area contributed by atoms with Crippen molar-refractivity contribution in [2.75, 3.05) is 13.2 Å². The molecule has 0 N–H and O–H groups in total. The Hall–Kier alpha value is -1.65. The molecule has 0 atom stereocenters. The minimum Gasteiger partial charge on any atom is -0.500 e. The van der Waals surface area contributed by atoms with Crippen molar-refractivity contribution in [3.05, 3.63) is 24.2 Å². The van der Waals surface area contributed by atoms with Gasteiger partial charge in [0.25, 0.3) is 0 Å². The molecule has 0 heterocycles. The molecule has 0 amide bonds. The molecule has 0 aromatic heterocycles. The molecule has 90 valence electrons. The molecule has 0 aliphatic heterocycles. The van der Waals surface area contributed by atoms with Crippen LogP contribution in [0.4, 0.5) is 4.39 Å². The number of hydrogen-bond acceptors (Lipinski definition) is 4. The van der Waals surface area contributed by atoms with Crippen LogP contribution in [0.3, 0.4) is 0 Å². The van der Waals surface area contributed by atoms with E-state index < -0.39 is 11.8 Å². The highest BCUT2D eigenvalue weighted by Gasteiger charge is 2.18. The molecule has 0 saturated heterocycles. The predicted octanol–water partition coefficient (Wildman–Crippen LogP) is 1.91. The number of ether oxygens (including phenoxy) is 2. The molecule has 0 aromatic carbocycles. The first-order chi connectivity index (χ1) is 7.67. The summed E-state index contributed by atoms with van der Waals surface area (Å²) in [5.74, 6) is -1.30. The highest BCUT2D eigenvalue weighted by Crippen LogP contribution is 2.05. The third kappa shape index (κ3) is 5.29. The van der Waals surface area contributed by atoms with Crippen molar-refractivity contribution in [2.45, 2.75) is 20.3 Å². The molecule has 4 nitrogen and oxygen atoms in total. The molecule has 0 radical (unpaired) electrons. The molecule has 0 saturated carbocycles. The summed E-state index contributed by atoms with van der Waals surface area (Å²) >= 11 is 0. The van der Waals surface area contributed by atoms with Gasteiger partial charge in [0.05, 0.1) is 19.5 Å². The van der Waals surface area contributed by atoms with E-state index in [2.05, 4.69) is 4.74 Å². The lowest BCUT2D eigenvalue weighted by Gasteiger charge is -2.04. The van der Waals surface area contributed by atoms with Gasteiger partial charge in [-0.2, -0.15) is 0 Å². The summed E-state index contributed by atoms with van der Waals surface area (Å²) in [5.41, 5.74) is -0.207.